The maximum atomic E-state index is 6.51. The molecule has 9 aromatic rings. The molecule has 246 valence electrons. The van der Waals surface area contributed by atoms with Gasteiger partial charge in [0.15, 0.2) is 11.4 Å². The van der Waals surface area contributed by atoms with Gasteiger partial charge in [0.2, 0.25) is 5.89 Å². The van der Waals surface area contributed by atoms with Crippen LogP contribution in [0.1, 0.15) is 5.56 Å². The molecule has 0 amide bonds. The molecule has 7 heteroatoms. The lowest BCUT2D eigenvalue weighted by molar-refractivity contribution is 0.623. The van der Waals surface area contributed by atoms with Crippen molar-refractivity contribution in [2.45, 2.75) is 0 Å². The van der Waals surface area contributed by atoms with Crippen LogP contribution in [0.5, 0.6) is 0 Å². The summed E-state index contributed by atoms with van der Waals surface area (Å²) in [6, 6.07) is 45.7. The number of fused-ring (bicyclic) bond motifs is 5. The summed E-state index contributed by atoms with van der Waals surface area (Å²) in [6.45, 7) is 0.825. The van der Waals surface area contributed by atoms with E-state index in [2.05, 4.69) is 112 Å². The van der Waals surface area contributed by atoms with Crippen LogP contribution in [-0.2, 0) is 0 Å². The minimum absolute atomic E-state index is 0.610. The van der Waals surface area contributed by atoms with Crippen molar-refractivity contribution in [2.24, 2.45) is 0 Å². The normalized spacial score (nSPS) is 12.7. The number of benzene rings is 5. The highest BCUT2D eigenvalue weighted by molar-refractivity contribution is 6.19. The Balaban J connectivity index is 1.12. The van der Waals surface area contributed by atoms with Crippen molar-refractivity contribution in [1.82, 2.24) is 29.8 Å². The van der Waals surface area contributed by atoms with Crippen LogP contribution in [-0.4, -0.2) is 31.0 Å². The molecule has 0 radical (unpaired) electrons. The summed E-state index contributed by atoms with van der Waals surface area (Å²) in [7, 11) is 0. The van der Waals surface area contributed by atoms with E-state index in [-0.39, 0.29) is 0 Å². The second-order valence-corrected chi connectivity index (χ2v) is 12.8. The fourth-order valence-corrected chi connectivity index (χ4v) is 7.10. The van der Waals surface area contributed by atoms with E-state index in [9.17, 15) is 0 Å². The van der Waals surface area contributed by atoms with E-state index in [0.29, 0.717) is 11.7 Å². The minimum Gasteiger partial charge on any atom is -0.435 e. The second-order valence-electron chi connectivity index (χ2n) is 12.8. The maximum absolute atomic E-state index is 6.51. The molecule has 1 N–H and O–H groups in total. The highest BCUT2D eigenvalue weighted by Gasteiger charge is 2.20. The Kier molecular flexibility index (Phi) is 7.06. The van der Waals surface area contributed by atoms with E-state index in [1.54, 1.807) is 12.4 Å². The lowest BCUT2D eigenvalue weighted by Gasteiger charge is -2.13. The van der Waals surface area contributed by atoms with Crippen LogP contribution in [0.2, 0.25) is 0 Å². The number of oxazole rings is 1. The molecule has 0 atom stereocenters. The number of pyridine rings is 1. The molecule has 1 aliphatic rings. The quantitative estimate of drug-likeness (QED) is 0.190. The van der Waals surface area contributed by atoms with Crippen LogP contribution in [0.4, 0.5) is 0 Å². The summed E-state index contributed by atoms with van der Waals surface area (Å²) >= 11 is 0. The Morgan fingerprint density at radius 1 is 0.596 bits per heavy atom. The van der Waals surface area contributed by atoms with Gasteiger partial charge in [-0.3, -0.25) is 4.98 Å². The van der Waals surface area contributed by atoms with Gasteiger partial charge in [0.05, 0.1) is 27.8 Å². The van der Waals surface area contributed by atoms with E-state index in [4.69, 9.17) is 19.4 Å². The number of aromatic nitrogens is 5. The zero-order chi connectivity index (χ0) is 34.4. The second kappa shape index (κ2) is 12.3. The largest absolute Gasteiger partial charge is 0.435 e. The van der Waals surface area contributed by atoms with Crippen LogP contribution in [0.3, 0.4) is 0 Å². The molecule has 52 heavy (non-hydrogen) atoms. The zero-order valence-corrected chi connectivity index (χ0v) is 27.9. The number of allylic oxidation sites excluding steroid dienone is 2. The lowest BCUT2D eigenvalue weighted by atomic mass is 10.0. The molecule has 0 unspecified atom stereocenters. The SMILES string of the molecule is C1=CC(c2ccc(-c3cc(-c4ccncc4)nc(-c4cccc(-n5c6ccccc6c6c7oc(-c8ccccc8)nc7ccc65)c4)n3)cc2)=CCN1. The van der Waals surface area contributed by atoms with Gasteiger partial charge in [-0.15, -0.1) is 0 Å². The van der Waals surface area contributed by atoms with E-state index >= 15 is 0 Å². The molecule has 7 nitrogen and oxygen atoms in total. The molecule has 0 saturated carbocycles. The Labute approximate surface area is 299 Å². The Morgan fingerprint density at radius 3 is 2.15 bits per heavy atom. The molecule has 0 saturated heterocycles. The van der Waals surface area contributed by atoms with Crippen molar-refractivity contribution in [3.63, 3.8) is 0 Å². The molecule has 5 aromatic carbocycles. The number of para-hydroxylation sites is 1. The molecule has 0 spiro atoms. The van der Waals surface area contributed by atoms with Gasteiger partial charge in [-0.05, 0) is 84.1 Å². The monoisotopic (exact) mass is 670 g/mol. The number of nitrogens with one attached hydrogen (secondary N) is 1. The summed E-state index contributed by atoms with van der Waals surface area (Å²) in [4.78, 5) is 19.4. The van der Waals surface area contributed by atoms with Crippen LogP contribution in [0.25, 0.3) is 89.5 Å². The van der Waals surface area contributed by atoms with Crippen molar-refractivity contribution in [2.75, 3.05) is 6.54 Å². The number of rotatable bonds is 6. The van der Waals surface area contributed by atoms with E-state index in [1.807, 2.05) is 54.7 Å². The van der Waals surface area contributed by atoms with Gasteiger partial charge in [-0.25, -0.2) is 15.0 Å². The smallest absolute Gasteiger partial charge is 0.227 e. The van der Waals surface area contributed by atoms with Crippen LogP contribution in [0, 0.1) is 0 Å². The maximum Gasteiger partial charge on any atom is 0.227 e. The topological polar surface area (TPSA) is 81.7 Å². The molecule has 5 heterocycles. The van der Waals surface area contributed by atoms with E-state index in [1.165, 1.54) is 11.1 Å². The Morgan fingerprint density at radius 2 is 1.35 bits per heavy atom. The molecule has 10 rings (SSSR count). The van der Waals surface area contributed by atoms with Crippen LogP contribution in [0.15, 0.2) is 169 Å². The third-order valence-corrected chi connectivity index (χ3v) is 9.61. The highest BCUT2D eigenvalue weighted by atomic mass is 16.3. The molecule has 0 aliphatic carbocycles. The fourth-order valence-electron chi connectivity index (χ4n) is 7.10. The summed E-state index contributed by atoms with van der Waals surface area (Å²) in [5, 5.41) is 5.35. The number of hydrogen-bond donors (Lipinski definition) is 1. The highest BCUT2D eigenvalue weighted by Crippen LogP contribution is 2.39. The first-order valence-corrected chi connectivity index (χ1v) is 17.3. The molecule has 0 bridgehead atoms. The summed E-state index contributed by atoms with van der Waals surface area (Å²) in [5.41, 5.74) is 12.6. The fraction of sp³-hybridized carbons (Fsp3) is 0.0222. The van der Waals surface area contributed by atoms with Crippen molar-refractivity contribution in [3.05, 3.63) is 170 Å². The van der Waals surface area contributed by atoms with Crippen molar-refractivity contribution >= 4 is 38.5 Å². The van der Waals surface area contributed by atoms with Gasteiger partial charge in [-0.1, -0.05) is 78.9 Å². The molecular formula is C45H30N6O. The number of hydrogen-bond acceptors (Lipinski definition) is 6. The third kappa shape index (κ3) is 5.15. The van der Waals surface area contributed by atoms with Gasteiger partial charge in [-0.2, -0.15) is 0 Å². The molecule has 0 fully saturated rings. The average molecular weight is 671 g/mol. The van der Waals surface area contributed by atoms with Crippen LogP contribution >= 0.6 is 0 Å². The van der Waals surface area contributed by atoms with E-state index in [0.717, 1.165) is 78.8 Å². The van der Waals surface area contributed by atoms with Gasteiger partial charge >= 0.3 is 0 Å². The van der Waals surface area contributed by atoms with Crippen molar-refractivity contribution in [1.29, 1.82) is 0 Å². The first-order valence-electron chi connectivity index (χ1n) is 17.3. The van der Waals surface area contributed by atoms with E-state index < -0.39 is 0 Å². The predicted octanol–water partition coefficient (Wildman–Crippen LogP) is 10.3. The van der Waals surface area contributed by atoms with Crippen LogP contribution < -0.4 is 5.32 Å². The lowest BCUT2D eigenvalue weighted by Crippen LogP contribution is -2.08. The number of dihydropyridines is 1. The Hall–Kier alpha value is -7.12. The van der Waals surface area contributed by atoms with Crippen molar-refractivity contribution < 1.29 is 4.42 Å². The third-order valence-electron chi connectivity index (χ3n) is 9.61. The van der Waals surface area contributed by atoms with Gasteiger partial charge in [0.1, 0.15) is 5.52 Å². The first kappa shape index (κ1) is 29.8. The first-order chi connectivity index (χ1) is 25.8. The number of nitrogens with zero attached hydrogens (tertiary/aromatic N) is 5. The summed E-state index contributed by atoms with van der Waals surface area (Å²) in [5.74, 6) is 1.25. The zero-order valence-electron chi connectivity index (χ0n) is 27.9. The average Bonchev–Trinajstić information content (AvgIpc) is 3.82. The molecular weight excluding hydrogens is 641 g/mol. The molecule has 4 aromatic heterocycles. The molecule has 1 aliphatic heterocycles. The predicted molar refractivity (Wildman–Crippen MR) is 209 cm³/mol. The Bertz CT molecular complexity index is 2830. The summed E-state index contributed by atoms with van der Waals surface area (Å²) < 4.78 is 8.80. The standard InChI is InChI=1S/C45H30N6O/c1-2-7-33(8-3-1)45-50-37-17-18-41-42(43(37)52-45)36-11-4-5-12-40(36)51(41)35-10-6-9-34(27-35)44-48-38(28-39(49-44)32-21-25-47-26-22-32)31-15-13-29(14-16-31)30-19-23-46-24-20-30/h1-23,25-28,46H,24H2. The van der Waals surface area contributed by atoms with Gasteiger partial charge < -0.3 is 14.3 Å². The van der Waals surface area contributed by atoms with Gasteiger partial charge in [0, 0.05) is 52.3 Å². The van der Waals surface area contributed by atoms with Crippen molar-refractivity contribution in [3.8, 4) is 51.0 Å². The summed E-state index contributed by atoms with van der Waals surface area (Å²) in [6.07, 6.45) is 9.87. The minimum atomic E-state index is 0.610. The van der Waals surface area contributed by atoms with Gasteiger partial charge in [0.25, 0.3) is 0 Å².